The van der Waals surface area contributed by atoms with Gasteiger partial charge in [0.15, 0.2) is 5.69 Å². The van der Waals surface area contributed by atoms with Gasteiger partial charge in [-0.05, 0) is 41.6 Å². The Kier molecular flexibility index (Phi) is 6.14. The number of carbonyl (C=O) groups excluding carboxylic acids is 1. The topological polar surface area (TPSA) is 140 Å². The first-order chi connectivity index (χ1) is 14.6. The lowest BCUT2D eigenvalue weighted by atomic mass is 9.94. The van der Waals surface area contributed by atoms with Crippen molar-refractivity contribution in [3.8, 4) is 5.82 Å². The van der Waals surface area contributed by atoms with E-state index in [1.165, 1.54) is 35.3 Å². The largest absolute Gasteiger partial charge is 0.378 e. The molecule has 0 aliphatic heterocycles. The van der Waals surface area contributed by atoms with Crippen LogP contribution in [0.1, 0.15) is 53.2 Å². The van der Waals surface area contributed by atoms with Crippen molar-refractivity contribution in [1.82, 2.24) is 35.6 Å². The van der Waals surface area contributed by atoms with Gasteiger partial charge in [-0.15, -0.1) is 16.4 Å². The van der Waals surface area contributed by atoms with Gasteiger partial charge in [0, 0.05) is 17.5 Å². The van der Waals surface area contributed by atoms with Crippen molar-refractivity contribution in [3.05, 3.63) is 33.8 Å². The van der Waals surface area contributed by atoms with E-state index in [-0.39, 0.29) is 17.3 Å². The highest BCUT2D eigenvalue weighted by Gasteiger charge is 2.27. The van der Waals surface area contributed by atoms with E-state index in [0.717, 1.165) is 17.7 Å². The number of aromatic nitrogens is 5. The fraction of sp³-hybridized carbons (Fsp3) is 0.444. The van der Waals surface area contributed by atoms with Gasteiger partial charge in [0.1, 0.15) is 0 Å². The summed E-state index contributed by atoms with van der Waals surface area (Å²) < 4.78 is 6.11. The highest BCUT2D eigenvalue weighted by atomic mass is 32.1. The fourth-order valence-electron chi connectivity index (χ4n) is 3.59. The molecule has 3 aromatic heterocycles. The molecule has 12 heteroatoms. The van der Waals surface area contributed by atoms with Crippen LogP contribution in [0.5, 0.6) is 0 Å². The predicted octanol–water partition coefficient (Wildman–Crippen LogP) is 1.82. The molecule has 0 spiro atoms. The van der Waals surface area contributed by atoms with Crippen LogP contribution in [-0.4, -0.2) is 55.4 Å². The number of thiophene rings is 1. The van der Waals surface area contributed by atoms with E-state index >= 15 is 0 Å². The Balaban J connectivity index is 1.58. The van der Waals surface area contributed by atoms with Crippen LogP contribution in [0.25, 0.3) is 5.82 Å². The number of hydrogen-bond acceptors (Lipinski definition) is 10. The third-order valence-corrected chi connectivity index (χ3v) is 5.98. The first-order valence-electron chi connectivity index (χ1n) is 9.73. The number of nitrogens with two attached hydrogens (primary N) is 1. The molecule has 3 heterocycles. The van der Waals surface area contributed by atoms with Crippen LogP contribution in [0.2, 0.25) is 0 Å². The van der Waals surface area contributed by atoms with Gasteiger partial charge in [-0.25, -0.2) is 10.1 Å². The van der Waals surface area contributed by atoms with Gasteiger partial charge in [-0.2, -0.15) is 9.78 Å². The molecular weight excluding hydrogens is 406 g/mol. The van der Waals surface area contributed by atoms with E-state index in [9.17, 15) is 4.79 Å². The summed E-state index contributed by atoms with van der Waals surface area (Å²) >= 11 is 1.52. The molecule has 0 atom stereocenters. The average Bonchev–Trinajstić information content (AvgIpc) is 3.50. The van der Waals surface area contributed by atoms with Gasteiger partial charge in [0.05, 0.1) is 11.9 Å². The Hall–Kier alpha value is -3.12. The predicted molar refractivity (Wildman–Crippen MR) is 111 cm³/mol. The summed E-state index contributed by atoms with van der Waals surface area (Å²) in [7, 11) is 2.04. The van der Waals surface area contributed by atoms with Gasteiger partial charge in [-0.1, -0.05) is 30.5 Å². The molecule has 4 rings (SSSR count). The smallest absolute Gasteiger partial charge is 0.293 e. The van der Waals surface area contributed by atoms with Crippen LogP contribution in [0.3, 0.4) is 0 Å². The highest BCUT2D eigenvalue weighted by Crippen LogP contribution is 2.24. The summed E-state index contributed by atoms with van der Waals surface area (Å²) in [5.41, 5.74) is 9.06. The lowest BCUT2D eigenvalue weighted by molar-refractivity contribution is 0.0947. The maximum atomic E-state index is 12.8. The number of anilines is 1. The summed E-state index contributed by atoms with van der Waals surface area (Å²) in [4.78, 5) is 15.9. The lowest BCUT2D eigenvalue weighted by Gasteiger charge is -2.31. The molecular formula is C18H23N9O2S. The van der Waals surface area contributed by atoms with Crippen molar-refractivity contribution in [2.45, 2.75) is 44.7 Å². The summed E-state index contributed by atoms with van der Waals surface area (Å²) in [6.45, 7) is 0.446. The Morgan fingerprint density at radius 1 is 1.43 bits per heavy atom. The highest BCUT2D eigenvalue weighted by molar-refractivity contribution is 7.11. The Labute approximate surface area is 176 Å². The number of hydrogen-bond donors (Lipinski definition) is 2. The van der Waals surface area contributed by atoms with Gasteiger partial charge in [0.25, 0.3) is 5.91 Å². The lowest BCUT2D eigenvalue weighted by Crippen LogP contribution is -2.34. The van der Waals surface area contributed by atoms with E-state index < -0.39 is 5.91 Å². The van der Waals surface area contributed by atoms with Crippen LogP contribution in [0.4, 0.5) is 5.82 Å². The minimum Gasteiger partial charge on any atom is -0.378 e. The summed E-state index contributed by atoms with van der Waals surface area (Å²) in [5, 5.41) is 21.5. The normalized spacial score (nSPS) is 15.3. The number of hydrazone groups is 1. The quantitative estimate of drug-likeness (QED) is 0.428. The van der Waals surface area contributed by atoms with Crippen molar-refractivity contribution in [1.29, 1.82) is 0 Å². The molecule has 1 amide bonds. The zero-order valence-corrected chi connectivity index (χ0v) is 17.4. The van der Waals surface area contributed by atoms with E-state index in [1.807, 2.05) is 24.6 Å². The Morgan fingerprint density at radius 2 is 2.27 bits per heavy atom. The van der Waals surface area contributed by atoms with Crippen LogP contribution in [-0.2, 0) is 6.54 Å². The summed E-state index contributed by atoms with van der Waals surface area (Å²) in [6.07, 6.45) is 7.51. The van der Waals surface area contributed by atoms with Crippen LogP contribution < -0.4 is 11.2 Å². The number of nitrogen functional groups attached to an aromatic ring is 1. The third-order valence-electron chi connectivity index (χ3n) is 5.17. The molecule has 3 aromatic rings. The molecule has 1 aliphatic rings. The zero-order valence-electron chi connectivity index (χ0n) is 16.6. The second-order valence-corrected chi connectivity index (χ2v) is 8.17. The molecule has 11 nitrogen and oxygen atoms in total. The number of rotatable bonds is 7. The maximum absolute atomic E-state index is 12.8. The molecule has 1 saturated carbocycles. The number of nitrogens with zero attached hydrogens (tertiary/aromatic N) is 7. The first-order valence-corrected chi connectivity index (χ1v) is 10.6. The van der Waals surface area contributed by atoms with Gasteiger partial charge < -0.3 is 5.73 Å². The molecule has 0 bridgehead atoms. The second-order valence-electron chi connectivity index (χ2n) is 7.19. The minimum absolute atomic E-state index is 0.0733. The Morgan fingerprint density at radius 3 is 2.97 bits per heavy atom. The Bertz CT molecular complexity index is 1000. The standard InChI is InChI=1S/C18H23N9O2S/c1-26(12-6-3-2-4-7-12)11-14-15(18(28)22-20-10-13-8-5-9-30-13)21-25-27(14)17-16(19)23-29-24-17/h5,8-10,12H,2-4,6-7,11H2,1H3,(H2,19,23)(H,22,28)/b20-10+. The summed E-state index contributed by atoms with van der Waals surface area (Å²) in [6, 6.07) is 4.25. The van der Waals surface area contributed by atoms with Gasteiger partial charge in [-0.3, -0.25) is 9.69 Å². The van der Waals surface area contributed by atoms with Crippen LogP contribution >= 0.6 is 11.3 Å². The molecule has 0 aromatic carbocycles. The van der Waals surface area contributed by atoms with E-state index in [4.69, 9.17) is 10.4 Å². The van der Waals surface area contributed by atoms with E-state index in [1.54, 1.807) is 6.21 Å². The third kappa shape index (κ3) is 4.39. The monoisotopic (exact) mass is 429 g/mol. The van der Waals surface area contributed by atoms with Crippen molar-refractivity contribution in [2.24, 2.45) is 5.10 Å². The molecule has 0 unspecified atom stereocenters. The molecule has 1 aliphatic carbocycles. The number of carbonyl (C=O) groups is 1. The van der Waals surface area contributed by atoms with E-state index in [2.05, 4.69) is 36.1 Å². The van der Waals surface area contributed by atoms with Crippen LogP contribution in [0.15, 0.2) is 27.2 Å². The SMILES string of the molecule is CN(Cc1c(C(=O)N/N=C/c2cccs2)nnn1-c1nonc1N)C1CCCCC1. The van der Waals surface area contributed by atoms with Crippen molar-refractivity contribution < 1.29 is 9.42 Å². The fourth-order valence-corrected chi connectivity index (χ4v) is 4.17. The molecule has 0 saturated heterocycles. The van der Waals surface area contributed by atoms with Crippen LogP contribution in [0, 0.1) is 0 Å². The number of amides is 1. The molecule has 1 fully saturated rings. The molecule has 0 radical (unpaired) electrons. The van der Waals surface area contributed by atoms with Crippen molar-refractivity contribution >= 4 is 29.3 Å². The zero-order chi connectivity index (χ0) is 20.9. The summed E-state index contributed by atoms with van der Waals surface area (Å²) in [5.74, 6) is -0.184. The first kappa shape index (κ1) is 20.2. The average molecular weight is 430 g/mol. The molecule has 3 N–H and O–H groups in total. The van der Waals surface area contributed by atoms with E-state index in [0.29, 0.717) is 18.3 Å². The second kappa shape index (κ2) is 9.13. The maximum Gasteiger partial charge on any atom is 0.293 e. The number of nitrogens with one attached hydrogen (secondary N) is 1. The molecule has 158 valence electrons. The van der Waals surface area contributed by atoms with Crippen molar-refractivity contribution in [2.75, 3.05) is 12.8 Å². The minimum atomic E-state index is -0.462. The molecule has 30 heavy (non-hydrogen) atoms. The van der Waals surface area contributed by atoms with Gasteiger partial charge in [0.2, 0.25) is 11.6 Å². The van der Waals surface area contributed by atoms with Gasteiger partial charge >= 0.3 is 0 Å². The van der Waals surface area contributed by atoms with Crippen molar-refractivity contribution in [3.63, 3.8) is 0 Å².